The first kappa shape index (κ1) is 19.8. The third-order valence-electron chi connectivity index (χ3n) is 3.38. The zero-order chi connectivity index (χ0) is 18.8. The van der Waals surface area contributed by atoms with Crippen molar-refractivity contribution in [2.24, 2.45) is 0 Å². The standard InChI is InChI=1S/C14H17NO7S3/c1-15-12-8-11-9(6-14(12)23)5-10(25(19,20)21)7-13(11)22-3-2-4-24(16,17)18/h5-8,15,23H,2-4H2,1H3,(H,16,17,18)(H,19,20,21). The first-order valence-corrected chi connectivity index (χ1v) is 10.5. The van der Waals surface area contributed by atoms with E-state index in [1.807, 2.05) is 0 Å². The highest BCUT2D eigenvalue weighted by atomic mass is 32.2. The predicted molar refractivity (Wildman–Crippen MR) is 97.1 cm³/mol. The minimum Gasteiger partial charge on any atom is -0.493 e. The van der Waals surface area contributed by atoms with Crippen molar-refractivity contribution >= 4 is 49.3 Å². The molecule has 0 aliphatic heterocycles. The van der Waals surface area contributed by atoms with Crippen LogP contribution in [0.5, 0.6) is 5.75 Å². The molecule has 0 saturated carbocycles. The van der Waals surface area contributed by atoms with Gasteiger partial charge < -0.3 is 10.1 Å². The zero-order valence-corrected chi connectivity index (χ0v) is 15.7. The molecule has 0 radical (unpaired) electrons. The van der Waals surface area contributed by atoms with Crippen LogP contribution in [0, 0.1) is 0 Å². The smallest absolute Gasteiger partial charge is 0.294 e. The Morgan fingerprint density at radius 1 is 1.12 bits per heavy atom. The van der Waals surface area contributed by atoms with Crippen molar-refractivity contribution in [2.75, 3.05) is 24.7 Å². The van der Waals surface area contributed by atoms with E-state index in [-0.39, 0.29) is 23.7 Å². The number of rotatable bonds is 7. The molecule has 0 aromatic heterocycles. The number of fused-ring (bicyclic) bond motifs is 1. The molecule has 8 nitrogen and oxygen atoms in total. The lowest BCUT2D eigenvalue weighted by molar-refractivity contribution is 0.319. The summed E-state index contributed by atoms with van der Waals surface area (Å²) in [6, 6.07) is 5.76. The van der Waals surface area contributed by atoms with E-state index in [4.69, 9.17) is 9.29 Å². The van der Waals surface area contributed by atoms with Gasteiger partial charge in [0.1, 0.15) is 5.75 Å². The van der Waals surface area contributed by atoms with Gasteiger partial charge in [-0.2, -0.15) is 16.8 Å². The lowest BCUT2D eigenvalue weighted by Crippen LogP contribution is -2.09. The van der Waals surface area contributed by atoms with Crippen molar-refractivity contribution in [1.29, 1.82) is 0 Å². The molecule has 2 rings (SSSR count). The maximum Gasteiger partial charge on any atom is 0.294 e. The molecule has 0 spiro atoms. The van der Waals surface area contributed by atoms with E-state index in [2.05, 4.69) is 17.9 Å². The van der Waals surface area contributed by atoms with Crippen molar-refractivity contribution < 1.29 is 30.7 Å². The third-order valence-corrected chi connectivity index (χ3v) is 5.38. The largest absolute Gasteiger partial charge is 0.493 e. The van der Waals surface area contributed by atoms with Gasteiger partial charge in [0.15, 0.2) is 0 Å². The Labute approximate surface area is 151 Å². The van der Waals surface area contributed by atoms with E-state index in [1.165, 1.54) is 6.07 Å². The van der Waals surface area contributed by atoms with Crippen LogP contribution >= 0.6 is 12.6 Å². The van der Waals surface area contributed by atoms with E-state index in [9.17, 15) is 21.4 Å². The number of nitrogens with one attached hydrogen (secondary N) is 1. The molecule has 0 fully saturated rings. The van der Waals surface area contributed by atoms with Gasteiger partial charge >= 0.3 is 0 Å². The van der Waals surface area contributed by atoms with E-state index < -0.39 is 26.0 Å². The Morgan fingerprint density at radius 3 is 2.36 bits per heavy atom. The van der Waals surface area contributed by atoms with E-state index in [1.54, 1.807) is 19.2 Å². The molecule has 0 amide bonds. The highest BCUT2D eigenvalue weighted by Gasteiger charge is 2.16. The normalized spacial score (nSPS) is 12.3. The minimum atomic E-state index is -4.46. The highest BCUT2D eigenvalue weighted by molar-refractivity contribution is 7.86. The van der Waals surface area contributed by atoms with Crippen molar-refractivity contribution in [2.45, 2.75) is 16.2 Å². The van der Waals surface area contributed by atoms with Gasteiger partial charge in [-0.3, -0.25) is 9.11 Å². The highest BCUT2D eigenvalue weighted by Crippen LogP contribution is 2.35. The molecule has 0 atom stereocenters. The van der Waals surface area contributed by atoms with Crippen molar-refractivity contribution in [3.05, 3.63) is 24.3 Å². The third kappa shape index (κ3) is 5.22. The second-order valence-electron chi connectivity index (χ2n) is 5.23. The Morgan fingerprint density at radius 2 is 1.80 bits per heavy atom. The molecule has 3 N–H and O–H groups in total. The van der Waals surface area contributed by atoms with Gasteiger partial charge in [-0.15, -0.1) is 12.6 Å². The molecule has 0 aliphatic rings. The van der Waals surface area contributed by atoms with Crippen molar-refractivity contribution in [3.63, 3.8) is 0 Å². The topological polar surface area (TPSA) is 130 Å². The minimum absolute atomic E-state index is 0.0139. The van der Waals surface area contributed by atoms with Crippen LogP contribution in [0.1, 0.15) is 6.42 Å². The van der Waals surface area contributed by atoms with Gasteiger partial charge in [0.25, 0.3) is 20.2 Å². The molecule has 0 unspecified atom stereocenters. The van der Waals surface area contributed by atoms with Crippen LogP contribution in [0.2, 0.25) is 0 Å². The summed E-state index contributed by atoms with van der Waals surface area (Å²) < 4.78 is 67.9. The van der Waals surface area contributed by atoms with Gasteiger partial charge in [0.2, 0.25) is 0 Å². The molecule has 0 bridgehead atoms. The molecule has 0 aliphatic carbocycles. The summed E-state index contributed by atoms with van der Waals surface area (Å²) in [5.41, 5.74) is 0.679. The molecule has 25 heavy (non-hydrogen) atoms. The monoisotopic (exact) mass is 407 g/mol. The van der Waals surface area contributed by atoms with Gasteiger partial charge in [-0.1, -0.05) is 0 Å². The summed E-state index contributed by atoms with van der Waals surface area (Å²) in [6.07, 6.45) is 0.0139. The predicted octanol–water partition coefficient (Wildman–Crippen LogP) is 2.07. The lowest BCUT2D eigenvalue weighted by Gasteiger charge is -2.13. The summed E-state index contributed by atoms with van der Waals surface area (Å²) in [6.45, 7) is -0.0681. The zero-order valence-electron chi connectivity index (χ0n) is 13.1. The van der Waals surface area contributed by atoms with Crippen LogP contribution in [-0.2, 0) is 20.2 Å². The molecule has 138 valence electrons. The molecule has 11 heteroatoms. The summed E-state index contributed by atoms with van der Waals surface area (Å²) in [5.74, 6) is -0.323. The Kier molecular flexibility index (Phi) is 5.84. The number of benzene rings is 2. The Balaban J connectivity index is 2.47. The number of ether oxygens (including phenoxy) is 1. The summed E-state index contributed by atoms with van der Waals surface area (Å²) >= 11 is 4.30. The van der Waals surface area contributed by atoms with Crippen LogP contribution < -0.4 is 10.1 Å². The maximum atomic E-state index is 11.5. The molecule has 2 aromatic rings. The molecule has 2 aromatic carbocycles. The number of hydrogen-bond donors (Lipinski definition) is 4. The van der Waals surface area contributed by atoms with Crippen LogP contribution in [0.4, 0.5) is 5.69 Å². The summed E-state index contributed by atoms with van der Waals surface area (Å²) in [5, 5.41) is 3.97. The van der Waals surface area contributed by atoms with E-state index in [0.29, 0.717) is 21.4 Å². The second-order valence-corrected chi connectivity index (χ2v) is 8.70. The second kappa shape index (κ2) is 7.38. The number of thiol groups is 1. The molecular weight excluding hydrogens is 390 g/mol. The Hall–Kier alpha value is -1.53. The van der Waals surface area contributed by atoms with Gasteiger partial charge in [0, 0.05) is 29.1 Å². The lowest BCUT2D eigenvalue weighted by atomic mass is 10.1. The van der Waals surface area contributed by atoms with Gasteiger partial charge in [-0.05, 0) is 30.0 Å². The van der Waals surface area contributed by atoms with Crippen LogP contribution in [0.25, 0.3) is 10.8 Å². The molecular formula is C14H17NO7S3. The van der Waals surface area contributed by atoms with Crippen LogP contribution in [-0.4, -0.2) is 45.3 Å². The first-order chi connectivity index (χ1) is 11.5. The van der Waals surface area contributed by atoms with E-state index in [0.717, 1.165) is 6.07 Å². The van der Waals surface area contributed by atoms with E-state index >= 15 is 0 Å². The van der Waals surface area contributed by atoms with Gasteiger partial charge in [-0.25, -0.2) is 0 Å². The SMILES string of the molecule is CNc1cc2c(OCCCS(=O)(=O)O)cc(S(=O)(=O)O)cc2cc1S. The molecule has 0 heterocycles. The van der Waals surface area contributed by atoms with Crippen LogP contribution in [0.15, 0.2) is 34.1 Å². The van der Waals surface area contributed by atoms with Crippen LogP contribution in [0.3, 0.4) is 0 Å². The first-order valence-electron chi connectivity index (χ1n) is 7.05. The quantitative estimate of drug-likeness (QED) is 0.312. The average molecular weight is 407 g/mol. The number of hydrogen-bond acceptors (Lipinski definition) is 7. The molecule has 0 saturated heterocycles. The average Bonchev–Trinajstić information content (AvgIpc) is 2.48. The number of anilines is 1. The Bertz CT molecular complexity index is 1000. The van der Waals surface area contributed by atoms with Crippen molar-refractivity contribution in [1.82, 2.24) is 0 Å². The summed E-state index contributed by atoms with van der Waals surface area (Å²) in [4.78, 5) is 0.217. The fourth-order valence-corrected chi connectivity index (χ4v) is 3.56. The fraction of sp³-hybridized carbons (Fsp3) is 0.286. The fourth-order valence-electron chi connectivity index (χ4n) is 2.23. The van der Waals surface area contributed by atoms with Crippen molar-refractivity contribution in [3.8, 4) is 5.75 Å². The maximum absolute atomic E-state index is 11.5. The van der Waals surface area contributed by atoms with Gasteiger partial charge in [0.05, 0.1) is 17.3 Å². The summed E-state index contributed by atoms with van der Waals surface area (Å²) in [7, 11) is -6.87.